The van der Waals surface area contributed by atoms with E-state index in [0.29, 0.717) is 0 Å². The van der Waals surface area contributed by atoms with E-state index in [0.717, 1.165) is 6.20 Å². The molecule has 0 saturated carbocycles. The second-order valence-corrected chi connectivity index (χ2v) is 3.46. The fourth-order valence-corrected chi connectivity index (χ4v) is 1.28. The van der Waals surface area contributed by atoms with Gasteiger partial charge in [0, 0.05) is 18.0 Å². The first-order valence-corrected chi connectivity index (χ1v) is 4.94. The Morgan fingerprint density at radius 3 is 2.72 bits per heavy atom. The first-order chi connectivity index (χ1) is 8.56. The van der Waals surface area contributed by atoms with Crippen LogP contribution in [0.15, 0.2) is 39.0 Å². The second-order valence-electron chi connectivity index (χ2n) is 3.46. The summed E-state index contributed by atoms with van der Waals surface area (Å²) in [6.45, 7) is 0. The number of aromatic nitrogens is 2. The van der Waals surface area contributed by atoms with Crippen LogP contribution in [0.3, 0.4) is 0 Å². The lowest BCUT2D eigenvalue weighted by Crippen LogP contribution is -2.20. The normalized spacial score (nSPS) is 10.9. The van der Waals surface area contributed by atoms with Gasteiger partial charge in [0.1, 0.15) is 17.2 Å². The molecule has 0 unspecified atom stereocenters. The van der Waals surface area contributed by atoms with Crippen molar-refractivity contribution in [3.8, 4) is 11.5 Å². The minimum Gasteiger partial charge on any atom is -0.508 e. The summed E-state index contributed by atoms with van der Waals surface area (Å²) in [5.74, 6) is -0.123. The Morgan fingerprint density at radius 1 is 1.22 bits per heavy atom. The zero-order valence-electron chi connectivity index (χ0n) is 9.04. The first kappa shape index (κ1) is 11.6. The van der Waals surface area contributed by atoms with Crippen molar-refractivity contribution in [3.63, 3.8) is 0 Å². The van der Waals surface area contributed by atoms with E-state index in [1.165, 1.54) is 24.4 Å². The maximum Gasteiger partial charge on any atom is 0.325 e. The Morgan fingerprint density at radius 2 is 2.00 bits per heavy atom. The van der Waals surface area contributed by atoms with Gasteiger partial charge < -0.3 is 15.2 Å². The highest BCUT2D eigenvalue weighted by molar-refractivity contribution is 5.85. The predicted octanol–water partition coefficient (Wildman–Crippen LogP) is 0.225. The molecule has 2 aromatic rings. The van der Waals surface area contributed by atoms with E-state index in [1.807, 2.05) is 4.98 Å². The van der Waals surface area contributed by atoms with Crippen LogP contribution in [0.4, 0.5) is 5.69 Å². The maximum absolute atomic E-state index is 11.3. The van der Waals surface area contributed by atoms with E-state index in [4.69, 9.17) is 0 Å². The van der Waals surface area contributed by atoms with Crippen LogP contribution in [0.5, 0.6) is 11.5 Å². The van der Waals surface area contributed by atoms with Gasteiger partial charge in [0.2, 0.25) is 0 Å². The number of aliphatic imine (C=N–C) groups is 1. The minimum absolute atomic E-state index is 0.0163. The molecule has 0 spiro atoms. The molecule has 0 aliphatic rings. The number of aromatic amines is 2. The molecule has 1 aromatic carbocycles. The lowest BCUT2D eigenvalue weighted by molar-refractivity contribution is 0.459. The lowest BCUT2D eigenvalue weighted by atomic mass is 10.2. The maximum atomic E-state index is 11.3. The average molecular weight is 247 g/mol. The Balaban J connectivity index is 2.38. The molecule has 1 aromatic heterocycles. The van der Waals surface area contributed by atoms with Crippen molar-refractivity contribution in [2.45, 2.75) is 0 Å². The zero-order chi connectivity index (χ0) is 13.1. The predicted molar refractivity (Wildman–Crippen MR) is 64.7 cm³/mol. The summed E-state index contributed by atoms with van der Waals surface area (Å²) >= 11 is 0. The monoisotopic (exact) mass is 247 g/mol. The van der Waals surface area contributed by atoms with Crippen LogP contribution in [-0.2, 0) is 0 Å². The van der Waals surface area contributed by atoms with Gasteiger partial charge in [0.05, 0.1) is 0 Å². The molecule has 4 N–H and O–H groups in total. The van der Waals surface area contributed by atoms with E-state index in [9.17, 15) is 19.8 Å². The Kier molecular flexibility index (Phi) is 2.96. The van der Waals surface area contributed by atoms with Crippen molar-refractivity contribution < 1.29 is 10.2 Å². The molecule has 0 aliphatic carbocycles. The smallest absolute Gasteiger partial charge is 0.325 e. The zero-order valence-corrected chi connectivity index (χ0v) is 9.04. The fourth-order valence-electron chi connectivity index (χ4n) is 1.28. The molecule has 0 bridgehead atoms. The number of hydrogen-bond donors (Lipinski definition) is 4. The summed E-state index contributed by atoms with van der Waals surface area (Å²) in [6.07, 6.45) is 2.36. The quantitative estimate of drug-likeness (QED) is 0.448. The van der Waals surface area contributed by atoms with E-state index in [-0.39, 0.29) is 22.7 Å². The second kappa shape index (κ2) is 4.58. The Labute approximate surface area is 100 Å². The number of nitrogens with one attached hydrogen (secondary N) is 2. The van der Waals surface area contributed by atoms with Crippen LogP contribution in [0.2, 0.25) is 0 Å². The van der Waals surface area contributed by atoms with Gasteiger partial charge in [-0.1, -0.05) is 0 Å². The summed E-state index contributed by atoms with van der Waals surface area (Å²) in [5.41, 5.74) is -1.04. The van der Waals surface area contributed by atoms with Crippen LogP contribution in [0, 0.1) is 0 Å². The van der Waals surface area contributed by atoms with Crippen molar-refractivity contribution >= 4 is 11.9 Å². The van der Waals surface area contributed by atoms with E-state index >= 15 is 0 Å². The van der Waals surface area contributed by atoms with Crippen LogP contribution >= 0.6 is 0 Å². The number of aromatic hydroxyl groups is 2. The highest BCUT2D eigenvalue weighted by Gasteiger charge is 2.01. The molecule has 7 nitrogen and oxygen atoms in total. The fraction of sp³-hybridized carbons (Fsp3) is 0. The number of benzene rings is 1. The van der Waals surface area contributed by atoms with Gasteiger partial charge >= 0.3 is 5.69 Å². The third-order valence-electron chi connectivity index (χ3n) is 2.15. The minimum atomic E-state index is -0.644. The van der Waals surface area contributed by atoms with Crippen molar-refractivity contribution in [2.75, 3.05) is 0 Å². The molecule has 0 atom stereocenters. The summed E-state index contributed by atoms with van der Waals surface area (Å²) < 4.78 is 0. The van der Waals surface area contributed by atoms with Gasteiger partial charge in [0.25, 0.3) is 5.56 Å². The van der Waals surface area contributed by atoms with Crippen LogP contribution in [-0.4, -0.2) is 26.4 Å². The van der Waals surface area contributed by atoms with Crippen molar-refractivity contribution in [3.05, 3.63) is 50.8 Å². The summed E-state index contributed by atoms with van der Waals surface area (Å²) in [4.78, 5) is 30.2. The number of H-pyrrole nitrogens is 2. The van der Waals surface area contributed by atoms with Crippen LogP contribution < -0.4 is 11.2 Å². The molecule has 0 radical (unpaired) electrons. The Hall–Kier alpha value is -2.83. The molecule has 0 amide bonds. The Bertz CT molecular complexity index is 715. The van der Waals surface area contributed by atoms with Crippen molar-refractivity contribution in [1.82, 2.24) is 9.97 Å². The molecule has 0 saturated heterocycles. The van der Waals surface area contributed by atoms with Crippen LogP contribution in [0.25, 0.3) is 0 Å². The number of nitrogens with zero attached hydrogens (tertiary/aromatic N) is 1. The van der Waals surface area contributed by atoms with E-state index in [1.54, 1.807) is 0 Å². The van der Waals surface area contributed by atoms with Crippen molar-refractivity contribution in [1.29, 1.82) is 0 Å². The molecular weight excluding hydrogens is 238 g/mol. The molecular formula is C11H9N3O4. The van der Waals surface area contributed by atoms with E-state index < -0.39 is 11.2 Å². The molecule has 18 heavy (non-hydrogen) atoms. The van der Waals surface area contributed by atoms with Gasteiger partial charge in [-0.05, 0) is 18.2 Å². The number of phenolic OH excluding ortho intramolecular Hbond substituents is 2. The summed E-state index contributed by atoms with van der Waals surface area (Å²) in [6, 6.07) is 3.91. The highest BCUT2D eigenvalue weighted by Crippen LogP contribution is 2.20. The molecule has 92 valence electrons. The number of hydrogen-bond acceptors (Lipinski definition) is 5. The topological polar surface area (TPSA) is 119 Å². The first-order valence-electron chi connectivity index (χ1n) is 4.94. The number of rotatable bonds is 2. The van der Waals surface area contributed by atoms with Crippen LogP contribution in [0.1, 0.15) is 5.56 Å². The summed E-state index contributed by atoms with van der Waals surface area (Å²) in [7, 11) is 0. The van der Waals surface area contributed by atoms with Gasteiger partial charge in [-0.25, -0.2) is 9.79 Å². The summed E-state index contributed by atoms with van der Waals surface area (Å²) in [5, 5.41) is 18.7. The van der Waals surface area contributed by atoms with Gasteiger partial charge in [-0.3, -0.25) is 9.78 Å². The standard InChI is InChI=1S/C11H9N3O4/c15-7-1-2-9(16)6(3-7)4-12-8-5-13-11(18)14-10(8)17/h1-5,15-16H,(H2,13,14,17,18)/b12-4+. The number of phenols is 2. The van der Waals surface area contributed by atoms with Gasteiger partial charge in [-0.15, -0.1) is 0 Å². The molecule has 1 heterocycles. The molecule has 2 rings (SSSR count). The molecule has 0 aliphatic heterocycles. The van der Waals surface area contributed by atoms with Gasteiger partial charge in [-0.2, -0.15) is 0 Å². The third-order valence-corrected chi connectivity index (χ3v) is 2.15. The largest absolute Gasteiger partial charge is 0.508 e. The molecule has 0 fully saturated rings. The highest BCUT2D eigenvalue weighted by atomic mass is 16.3. The SMILES string of the molecule is O=c1[nH]cc(/N=C/c2cc(O)ccc2O)c(=O)[nH]1. The van der Waals surface area contributed by atoms with Crippen molar-refractivity contribution in [2.24, 2.45) is 4.99 Å². The third kappa shape index (κ3) is 2.46. The molecule has 7 heteroatoms. The average Bonchev–Trinajstić information content (AvgIpc) is 2.32. The lowest BCUT2D eigenvalue weighted by Gasteiger charge is -1.98. The van der Waals surface area contributed by atoms with Gasteiger partial charge in [0.15, 0.2) is 0 Å². The van der Waals surface area contributed by atoms with E-state index in [2.05, 4.69) is 9.98 Å².